The van der Waals surface area contributed by atoms with Gasteiger partial charge in [-0.2, -0.15) is 0 Å². The average molecular weight is 429 g/mol. The summed E-state index contributed by atoms with van der Waals surface area (Å²) in [5.41, 5.74) is 2.55. The number of aryl methyl sites for hydroxylation is 2. The molecule has 0 radical (unpaired) electrons. The molecule has 0 amide bonds. The third-order valence-corrected chi connectivity index (χ3v) is 5.01. The van der Waals surface area contributed by atoms with Crippen LogP contribution < -0.4 is 0 Å². The van der Waals surface area contributed by atoms with Crippen molar-refractivity contribution in [3.63, 3.8) is 0 Å². The molecule has 146 valence electrons. The van der Waals surface area contributed by atoms with E-state index in [4.69, 9.17) is 27.7 Å². The van der Waals surface area contributed by atoms with Gasteiger partial charge >= 0.3 is 0 Å². The minimum absolute atomic E-state index is 0.0381. The van der Waals surface area contributed by atoms with Crippen molar-refractivity contribution in [2.24, 2.45) is 0 Å². The molecule has 0 fully saturated rings. The van der Waals surface area contributed by atoms with Crippen molar-refractivity contribution in [3.05, 3.63) is 75.1 Å². The predicted octanol–water partition coefficient (Wildman–Crippen LogP) is 4.46. The number of halogens is 2. The van der Waals surface area contributed by atoms with Gasteiger partial charge in [0.2, 0.25) is 11.6 Å². The van der Waals surface area contributed by atoms with Crippen LogP contribution in [-0.2, 0) is 6.54 Å². The number of pyridine rings is 2. The molecule has 4 aromatic heterocycles. The Morgan fingerprint density at radius 1 is 1.14 bits per heavy atom. The summed E-state index contributed by atoms with van der Waals surface area (Å²) in [4.78, 5) is 34.0. The summed E-state index contributed by atoms with van der Waals surface area (Å²) >= 11 is 11.7. The molecule has 0 saturated heterocycles. The molecule has 0 atom stereocenters. The predicted molar refractivity (Wildman–Crippen MR) is 108 cm³/mol. The standard InChI is InChI=1S/C20H14Cl2N4O3/c1-10-14(11(2)29-25-10)8-26-9-15(13-4-3-5-23-20(13)26)19(28)18(27)12-6-16(21)24-17(22)7-12/h3-7,9H,8H2,1-2H3. The zero-order valence-electron chi connectivity index (χ0n) is 15.4. The number of hydrogen-bond donors (Lipinski definition) is 0. The van der Waals surface area contributed by atoms with Crippen LogP contribution in [0.1, 0.15) is 37.7 Å². The molecule has 0 saturated carbocycles. The Labute approximate surface area is 175 Å². The van der Waals surface area contributed by atoms with E-state index < -0.39 is 11.6 Å². The van der Waals surface area contributed by atoms with Gasteiger partial charge in [0.15, 0.2) is 0 Å². The molecule has 4 aromatic rings. The fourth-order valence-corrected chi connectivity index (χ4v) is 3.63. The van der Waals surface area contributed by atoms with Gasteiger partial charge in [-0.1, -0.05) is 28.4 Å². The number of hydrogen-bond acceptors (Lipinski definition) is 6. The summed E-state index contributed by atoms with van der Waals surface area (Å²) < 4.78 is 7.02. The van der Waals surface area contributed by atoms with Crippen LogP contribution in [0.4, 0.5) is 0 Å². The first-order valence-corrected chi connectivity index (χ1v) is 9.38. The Morgan fingerprint density at radius 2 is 1.86 bits per heavy atom. The number of fused-ring (bicyclic) bond motifs is 1. The molecule has 0 aliphatic rings. The molecule has 0 spiro atoms. The first kappa shape index (κ1) is 19.3. The van der Waals surface area contributed by atoms with Gasteiger partial charge in [-0.05, 0) is 38.1 Å². The van der Waals surface area contributed by atoms with Gasteiger partial charge in [-0.25, -0.2) is 9.97 Å². The second-order valence-corrected chi connectivity index (χ2v) is 7.28. The second kappa shape index (κ2) is 7.42. The number of Topliss-reactive ketones (excluding diaryl/α,β-unsaturated/α-hetero) is 2. The third-order valence-electron chi connectivity index (χ3n) is 4.62. The van der Waals surface area contributed by atoms with Gasteiger partial charge in [0.25, 0.3) is 0 Å². The molecule has 0 aliphatic carbocycles. The average Bonchev–Trinajstić information content (AvgIpc) is 3.21. The Kier molecular flexibility index (Phi) is 4.94. The van der Waals surface area contributed by atoms with E-state index in [2.05, 4.69) is 15.1 Å². The lowest BCUT2D eigenvalue weighted by Crippen LogP contribution is -2.14. The van der Waals surface area contributed by atoms with Gasteiger partial charge < -0.3 is 9.09 Å². The van der Waals surface area contributed by atoms with Crippen molar-refractivity contribution in [2.75, 3.05) is 0 Å². The van der Waals surface area contributed by atoms with E-state index in [1.165, 1.54) is 12.1 Å². The van der Waals surface area contributed by atoms with Crippen LogP contribution in [0.15, 0.2) is 41.2 Å². The fourth-order valence-electron chi connectivity index (χ4n) is 3.17. The van der Waals surface area contributed by atoms with Gasteiger partial charge in [0.1, 0.15) is 21.7 Å². The van der Waals surface area contributed by atoms with Crippen LogP contribution in [-0.4, -0.2) is 31.3 Å². The van der Waals surface area contributed by atoms with E-state index in [0.29, 0.717) is 23.3 Å². The number of rotatable bonds is 5. The van der Waals surface area contributed by atoms with Gasteiger partial charge in [-0.15, -0.1) is 0 Å². The maximum atomic E-state index is 13.0. The van der Waals surface area contributed by atoms with Crippen molar-refractivity contribution in [2.45, 2.75) is 20.4 Å². The quantitative estimate of drug-likeness (QED) is 0.264. The summed E-state index contributed by atoms with van der Waals surface area (Å²) in [5.74, 6) is -0.722. The largest absolute Gasteiger partial charge is 0.361 e. The molecule has 7 nitrogen and oxygen atoms in total. The zero-order valence-corrected chi connectivity index (χ0v) is 17.0. The molecule has 9 heteroatoms. The summed E-state index contributed by atoms with van der Waals surface area (Å²) in [6, 6.07) is 6.09. The highest BCUT2D eigenvalue weighted by Crippen LogP contribution is 2.25. The van der Waals surface area contributed by atoms with E-state index in [9.17, 15) is 9.59 Å². The topological polar surface area (TPSA) is 90.9 Å². The van der Waals surface area contributed by atoms with Crippen LogP contribution in [0.5, 0.6) is 0 Å². The van der Waals surface area contributed by atoms with Crippen LogP contribution >= 0.6 is 23.2 Å². The van der Waals surface area contributed by atoms with Crippen molar-refractivity contribution in [3.8, 4) is 0 Å². The molecule has 29 heavy (non-hydrogen) atoms. The summed E-state index contributed by atoms with van der Waals surface area (Å²) in [6.07, 6.45) is 3.25. The molecule has 4 rings (SSSR count). The third kappa shape index (κ3) is 3.54. The first-order chi connectivity index (χ1) is 13.8. The highest BCUT2D eigenvalue weighted by Gasteiger charge is 2.25. The van der Waals surface area contributed by atoms with Crippen LogP contribution in [0.25, 0.3) is 11.0 Å². The van der Waals surface area contributed by atoms with E-state index in [0.717, 1.165) is 11.3 Å². The second-order valence-electron chi connectivity index (χ2n) is 6.51. The Bertz CT molecular complexity index is 1240. The van der Waals surface area contributed by atoms with Crippen LogP contribution in [0, 0.1) is 13.8 Å². The van der Waals surface area contributed by atoms with Crippen molar-refractivity contribution >= 4 is 45.8 Å². The first-order valence-electron chi connectivity index (χ1n) is 8.63. The maximum Gasteiger partial charge on any atom is 0.235 e. The summed E-state index contributed by atoms with van der Waals surface area (Å²) in [5, 5.41) is 4.61. The Morgan fingerprint density at radius 3 is 2.52 bits per heavy atom. The lowest BCUT2D eigenvalue weighted by Gasteiger charge is -2.03. The molecule has 0 N–H and O–H groups in total. The highest BCUT2D eigenvalue weighted by molar-refractivity contribution is 6.51. The summed E-state index contributed by atoms with van der Waals surface area (Å²) in [6.45, 7) is 4.07. The van der Waals surface area contributed by atoms with Crippen molar-refractivity contribution < 1.29 is 14.1 Å². The number of carbonyl (C=O) groups is 2. The highest BCUT2D eigenvalue weighted by atomic mass is 35.5. The molecule has 0 bridgehead atoms. The lowest BCUT2D eigenvalue weighted by atomic mass is 10.0. The zero-order chi connectivity index (χ0) is 20.7. The molecular formula is C20H14Cl2N4O3. The lowest BCUT2D eigenvalue weighted by molar-refractivity contribution is 0.0817. The normalized spacial score (nSPS) is 11.2. The van der Waals surface area contributed by atoms with Gasteiger partial charge in [0.05, 0.1) is 17.8 Å². The molecule has 4 heterocycles. The monoisotopic (exact) mass is 428 g/mol. The molecule has 0 aliphatic heterocycles. The van der Waals surface area contributed by atoms with E-state index in [1.54, 1.807) is 29.1 Å². The van der Waals surface area contributed by atoms with Gasteiger partial charge in [0, 0.05) is 28.9 Å². The smallest absolute Gasteiger partial charge is 0.235 e. The number of carbonyl (C=O) groups excluding carboxylic acids is 2. The van der Waals surface area contributed by atoms with Crippen molar-refractivity contribution in [1.82, 2.24) is 19.7 Å². The number of ketones is 2. The van der Waals surface area contributed by atoms with E-state index in [-0.39, 0.29) is 21.4 Å². The number of nitrogens with zero attached hydrogens (tertiary/aromatic N) is 4. The minimum Gasteiger partial charge on any atom is -0.361 e. The van der Waals surface area contributed by atoms with E-state index in [1.807, 2.05) is 13.8 Å². The van der Waals surface area contributed by atoms with Crippen molar-refractivity contribution in [1.29, 1.82) is 0 Å². The summed E-state index contributed by atoms with van der Waals surface area (Å²) in [7, 11) is 0. The fraction of sp³-hybridized carbons (Fsp3) is 0.150. The molecule has 0 unspecified atom stereocenters. The molecule has 0 aromatic carbocycles. The SMILES string of the molecule is Cc1noc(C)c1Cn1cc(C(=O)C(=O)c2cc(Cl)nc(Cl)c2)c2cccnc21. The van der Waals surface area contributed by atoms with Gasteiger partial charge in [-0.3, -0.25) is 9.59 Å². The van der Waals surface area contributed by atoms with Crippen LogP contribution in [0.2, 0.25) is 10.3 Å². The minimum atomic E-state index is -0.726. The molecular weight excluding hydrogens is 415 g/mol. The maximum absolute atomic E-state index is 13.0. The Hall–Kier alpha value is -3.03. The Balaban J connectivity index is 1.78. The van der Waals surface area contributed by atoms with E-state index >= 15 is 0 Å². The number of aromatic nitrogens is 4. The van der Waals surface area contributed by atoms with Crippen LogP contribution in [0.3, 0.4) is 0 Å².